The first-order valence-electron chi connectivity index (χ1n) is 11.1. The average Bonchev–Trinajstić information content (AvgIpc) is 2.79. The second-order valence-electron chi connectivity index (χ2n) is 8.15. The number of piperazine rings is 1. The van der Waals surface area contributed by atoms with Crippen LogP contribution in [0.1, 0.15) is 31.7 Å². The number of nitrogens with zero attached hydrogens (tertiary/aromatic N) is 5. The fourth-order valence-electron chi connectivity index (χ4n) is 4.32. The number of anilines is 1. The van der Waals surface area contributed by atoms with Gasteiger partial charge >= 0.3 is 17.3 Å². The molecule has 0 saturated carbocycles. The van der Waals surface area contributed by atoms with Gasteiger partial charge in [-0.2, -0.15) is 0 Å². The number of carbonyl (C=O) groups is 1. The molecular formula is C21H28N6O5. The maximum atomic E-state index is 12.2. The van der Waals surface area contributed by atoms with Crippen molar-refractivity contribution < 1.29 is 14.5 Å². The summed E-state index contributed by atoms with van der Waals surface area (Å²) in [4.78, 5) is 48.2. The lowest BCUT2D eigenvalue weighted by atomic mass is 10.1. The largest absolute Gasteiger partial charge is 0.450 e. The Bertz CT molecular complexity index is 1060. The first-order chi connectivity index (χ1) is 15.5. The van der Waals surface area contributed by atoms with Crippen LogP contribution in [0.15, 0.2) is 16.9 Å². The summed E-state index contributed by atoms with van der Waals surface area (Å²) in [6.45, 7) is 6.89. The number of aromatic nitrogens is 2. The molecule has 11 heteroatoms. The van der Waals surface area contributed by atoms with E-state index in [4.69, 9.17) is 4.74 Å². The van der Waals surface area contributed by atoms with Gasteiger partial charge in [0.1, 0.15) is 11.5 Å². The Morgan fingerprint density at radius 1 is 1.16 bits per heavy atom. The molecule has 2 fully saturated rings. The van der Waals surface area contributed by atoms with E-state index in [2.05, 4.69) is 19.8 Å². The molecular weight excluding hydrogens is 416 g/mol. The van der Waals surface area contributed by atoms with Crippen LogP contribution in [0.2, 0.25) is 0 Å². The molecule has 4 heterocycles. The van der Waals surface area contributed by atoms with E-state index in [-0.39, 0.29) is 6.09 Å². The first-order valence-corrected chi connectivity index (χ1v) is 11.1. The molecule has 11 nitrogen and oxygen atoms in total. The molecule has 0 unspecified atom stereocenters. The zero-order valence-corrected chi connectivity index (χ0v) is 18.2. The number of pyridine rings is 2. The van der Waals surface area contributed by atoms with Gasteiger partial charge in [-0.1, -0.05) is 0 Å². The number of nitro groups is 1. The molecule has 2 aromatic heterocycles. The van der Waals surface area contributed by atoms with Gasteiger partial charge in [0.25, 0.3) is 0 Å². The quantitative estimate of drug-likeness (QED) is 0.549. The molecule has 32 heavy (non-hydrogen) atoms. The summed E-state index contributed by atoms with van der Waals surface area (Å²) >= 11 is 0. The highest BCUT2D eigenvalue weighted by atomic mass is 16.6. The van der Waals surface area contributed by atoms with Crippen molar-refractivity contribution >= 4 is 28.6 Å². The van der Waals surface area contributed by atoms with Crippen LogP contribution >= 0.6 is 0 Å². The van der Waals surface area contributed by atoms with Gasteiger partial charge in [0, 0.05) is 57.3 Å². The predicted octanol–water partition coefficient (Wildman–Crippen LogP) is 2.10. The molecule has 0 bridgehead atoms. The van der Waals surface area contributed by atoms with E-state index in [1.54, 1.807) is 11.8 Å². The number of H-pyrrole nitrogens is 1. The van der Waals surface area contributed by atoms with Crippen molar-refractivity contribution in [2.24, 2.45) is 0 Å². The van der Waals surface area contributed by atoms with E-state index in [1.165, 1.54) is 12.5 Å². The monoisotopic (exact) mass is 444 g/mol. The lowest BCUT2D eigenvalue weighted by Gasteiger charge is -2.34. The summed E-state index contributed by atoms with van der Waals surface area (Å²) in [6, 6.07) is 3.30. The van der Waals surface area contributed by atoms with Crippen molar-refractivity contribution in [3.05, 3.63) is 38.2 Å². The fraction of sp³-hybridized carbons (Fsp3) is 0.571. The van der Waals surface area contributed by atoms with E-state index in [1.807, 2.05) is 6.07 Å². The van der Waals surface area contributed by atoms with Crippen molar-refractivity contribution in [2.75, 3.05) is 50.8 Å². The molecule has 172 valence electrons. The van der Waals surface area contributed by atoms with E-state index in [9.17, 15) is 19.7 Å². The zero-order valence-electron chi connectivity index (χ0n) is 18.2. The summed E-state index contributed by atoms with van der Waals surface area (Å²) in [5.74, 6) is 0.780. The maximum absolute atomic E-state index is 12.2. The number of piperidine rings is 1. The Balaban J connectivity index is 1.63. The van der Waals surface area contributed by atoms with E-state index >= 15 is 0 Å². The van der Waals surface area contributed by atoms with Crippen LogP contribution in [0, 0.1) is 10.1 Å². The third kappa shape index (κ3) is 4.67. The molecule has 0 atom stereocenters. The molecule has 4 rings (SSSR count). The van der Waals surface area contributed by atoms with Crippen LogP contribution in [0.3, 0.4) is 0 Å². The number of nitrogens with one attached hydrogen (secondary N) is 1. The van der Waals surface area contributed by atoms with Gasteiger partial charge < -0.3 is 19.5 Å². The Morgan fingerprint density at radius 2 is 1.88 bits per heavy atom. The van der Waals surface area contributed by atoms with Crippen LogP contribution in [0.4, 0.5) is 16.3 Å². The molecule has 1 N–H and O–H groups in total. The molecule has 2 aliphatic heterocycles. The minimum Gasteiger partial charge on any atom is -0.450 e. The standard InChI is InChI=1S/C21H28N6O5/c1-2-32-21(29)26-10-8-24(9-11-26)14-15-12-18(25-6-4-3-5-7-25)22-19-16(15)13-17(27(30)31)20(28)23-19/h12-13H,2-11,14H2,1H3,(H,22,23,28). The summed E-state index contributed by atoms with van der Waals surface area (Å²) in [5, 5.41) is 11.9. The fourth-order valence-corrected chi connectivity index (χ4v) is 4.32. The number of carbonyl (C=O) groups excluding carboxylic acids is 1. The van der Waals surface area contributed by atoms with Gasteiger partial charge in [0.15, 0.2) is 0 Å². The number of fused-ring (bicyclic) bond motifs is 1. The van der Waals surface area contributed by atoms with E-state index in [0.717, 1.165) is 37.3 Å². The second kappa shape index (κ2) is 9.51. The number of hydrogen-bond acceptors (Lipinski definition) is 8. The number of hydrogen-bond donors (Lipinski definition) is 1. The summed E-state index contributed by atoms with van der Waals surface area (Å²) < 4.78 is 5.08. The normalized spacial score (nSPS) is 17.5. The van der Waals surface area contributed by atoms with Crippen molar-refractivity contribution in [2.45, 2.75) is 32.7 Å². The van der Waals surface area contributed by atoms with Crippen LogP contribution in [0.5, 0.6) is 0 Å². The molecule has 2 saturated heterocycles. The topological polar surface area (TPSA) is 125 Å². The highest BCUT2D eigenvalue weighted by Crippen LogP contribution is 2.27. The molecule has 1 amide bonds. The first kappa shape index (κ1) is 22.0. The van der Waals surface area contributed by atoms with Crippen LogP contribution in [0.25, 0.3) is 11.0 Å². The van der Waals surface area contributed by atoms with Crippen molar-refractivity contribution in [3.63, 3.8) is 0 Å². The average molecular weight is 444 g/mol. The number of aromatic amines is 1. The van der Waals surface area contributed by atoms with Crippen LogP contribution in [-0.2, 0) is 11.3 Å². The van der Waals surface area contributed by atoms with Crippen molar-refractivity contribution in [1.82, 2.24) is 19.8 Å². The van der Waals surface area contributed by atoms with Crippen LogP contribution < -0.4 is 10.5 Å². The van der Waals surface area contributed by atoms with Gasteiger partial charge in [0.2, 0.25) is 0 Å². The van der Waals surface area contributed by atoms with Crippen LogP contribution in [-0.4, -0.2) is 76.7 Å². The van der Waals surface area contributed by atoms with Gasteiger partial charge in [-0.3, -0.25) is 19.8 Å². The summed E-state index contributed by atoms with van der Waals surface area (Å²) in [6.07, 6.45) is 3.05. The highest BCUT2D eigenvalue weighted by molar-refractivity contribution is 5.82. The number of ether oxygens (including phenoxy) is 1. The zero-order chi connectivity index (χ0) is 22.7. The number of rotatable bonds is 5. The van der Waals surface area contributed by atoms with E-state index < -0.39 is 16.2 Å². The van der Waals surface area contributed by atoms with Gasteiger partial charge in [-0.15, -0.1) is 0 Å². The predicted molar refractivity (Wildman–Crippen MR) is 119 cm³/mol. The lowest BCUT2D eigenvalue weighted by molar-refractivity contribution is -0.386. The minimum atomic E-state index is -0.750. The minimum absolute atomic E-state index is 0.304. The molecule has 2 aliphatic rings. The third-order valence-corrected chi connectivity index (χ3v) is 6.05. The second-order valence-corrected chi connectivity index (χ2v) is 8.15. The SMILES string of the molecule is CCOC(=O)N1CCN(Cc2cc(N3CCCCC3)nc3[nH]c(=O)c([N+](=O)[O-])cc23)CC1. The van der Waals surface area contributed by atoms with Gasteiger partial charge in [-0.25, -0.2) is 9.78 Å². The Morgan fingerprint density at radius 3 is 2.53 bits per heavy atom. The van der Waals surface area contributed by atoms with Crippen molar-refractivity contribution in [1.29, 1.82) is 0 Å². The Kier molecular flexibility index (Phi) is 6.54. The molecule has 0 radical (unpaired) electrons. The van der Waals surface area contributed by atoms with Gasteiger partial charge in [0.05, 0.1) is 11.5 Å². The molecule has 0 aromatic carbocycles. The maximum Gasteiger partial charge on any atom is 0.409 e. The van der Waals surface area contributed by atoms with Crippen molar-refractivity contribution in [3.8, 4) is 0 Å². The molecule has 2 aromatic rings. The summed E-state index contributed by atoms with van der Waals surface area (Å²) in [7, 11) is 0. The lowest BCUT2D eigenvalue weighted by Crippen LogP contribution is -2.48. The Hall–Kier alpha value is -3.21. The number of amides is 1. The Labute approximate surface area is 185 Å². The smallest absolute Gasteiger partial charge is 0.409 e. The molecule has 0 spiro atoms. The molecule has 0 aliphatic carbocycles. The summed E-state index contributed by atoms with van der Waals surface area (Å²) in [5.41, 5.74) is 0.00143. The third-order valence-electron chi connectivity index (χ3n) is 6.05. The van der Waals surface area contributed by atoms with Gasteiger partial charge in [-0.05, 0) is 37.8 Å². The highest BCUT2D eigenvalue weighted by Gasteiger charge is 2.24. The van der Waals surface area contributed by atoms with E-state index in [0.29, 0.717) is 50.4 Å².